The number of aryl methyl sites for hydroxylation is 1. The van der Waals surface area contributed by atoms with Gasteiger partial charge >= 0.3 is 0 Å². The normalized spacial score (nSPS) is 23.6. The van der Waals surface area contributed by atoms with Crippen LogP contribution in [0.5, 0.6) is 0 Å². The number of nitrogens with one attached hydrogen (secondary N) is 1. The molecule has 0 heterocycles. The van der Waals surface area contributed by atoms with Crippen molar-refractivity contribution in [2.24, 2.45) is 5.92 Å². The van der Waals surface area contributed by atoms with Gasteiger partial charge in [0.2, 0.25) is 5.91 Å². The van der Waals surface area contributed by atoms with Crippen molar-refractivity contribution in [3.8, 4) is 0 Å². The third kappa shape index (κ3) is 2.58. The topological polar surface area (TPSA) is 29.1 Å². The number of rotatable bonds is 3. The zero-order chi connectivity index (χ0) is 10.8. The van der Waals surface area contributed by atoms with Gasteiger partial charge in [-0.1, -0.05) is 29.8 Å². The van der Waals surface area contributed by atoms with E-state index < -0.39 is 0 Å². The molecule has 0 bridgehead atoms. The van der Waals surface area contributed by atoms with Crippen molar-refractivity contribution in [1.29, 1.82) is 0 Å². The largest absolute Gasteiger partial charge is 0.356 e. The maximum Gasteiger partial charge on any atom is 0.216 e. The number of hydrogen-bond donors (Lipinski definition) is 1. The summed E-state index contributed by atoms with van der Waals surface area (Å²) in [5.41, 5.74) is 2.74. The standard InChI is InChI=1S/C13H17NO/c1-9-4-3-5-11(6-9)13-7-12(13)8-14-10(2)15/h3-6,12-13H,7-8H2,1-2H3,(H,14,15). The van der Waals surface area contributed by atoms with Crippen molar-refractivity contribution in [2.75, 3.05) is 6.54 Å². The van der Waals surface area contributed by atoms with E-state index in [2.05, 4.69) is 36.5 Å². The fourth-order valence-electron chi connectivity index (χ4n) is 2.06. The summed E-state index contributed by atoms with van der Waals surface area (Å²) in [4.78, 5) is 10.8. The Morgan fingerprint density at radius 2 is 2.33 bits per heavy atom. The van der Waals surface area contributed by atoms with E-state index >= 15 is 0 Å². The van der Waals surface area contributed by atoms with E-state index in [1.54, 1.807) is 6.92 Å². The first-order chi connectivity index (χ1) is 7.16. The van der Waals surface area contributed by atoms with E-state index in [0.717, 1.165) is 6.54 Å². The van der Waals surface area contributed by atoms with Crippen LogP contribution in [0.15, 0.2) is 24.3 Å². The highest BCUT2D eigenvalue weighted by molar-refractivity contribution is 5.72. The minimum atomic E-state index is 0.0740. The van der Waals surface area contributed by atoms with Crippen LogP contribution < -0.4 is 5.32 Å². The maximum atomic E-state index is 10.8. The molecule has 0 spiro atoms. The van der Waals surface area contributed by atoms with Gasteiger partial charge in [-0.25, -0.2) is 0 Å². The molecule has 2 heteroatoms. The van der Waals surface area contributed by atoms with Gasteiger partial charge in [0.15, 0.2) is 0 Å². The van der Waals surface area contributed by atoms with Gasteiger partial charge < -0.3 is 5.32 Å². The Morgan fingerprint density at radius 1 is 1.53 bits per heavy atom. The van der Waals surface area contributed by atoms with Gasteiger partial charge in [0, 0.05) is 13.5 Å². The molecular formula is C13H17NO. The fraction of sp³-hybridized carbons (Fsp3) is 0.462. The predicted molar refractivity (Wildman–Crippen MR) is 60.7 cm³/mol. The van der Waals surface area contributed by atoms with E-state index in [1.807, 2.05) is 0 Å². The average molecular weight is 203 g/mol. The lowest BCUT2D eigenvalue weighted by Crippen LogP contribution is -2.22. The molecule has 1 aliphatic carbocycles. The lowest BCUT2D eigenvalue weighted by Gasteiger charge is -2.02. The quantitative estimate of drug-likeness (QED) is 0.802. The van der Waals surface area contributed by atoms with Crippen molar-refractivity contribution in [2.45, 2.75) is 26.2 Å². The van der Waals surface area contributed by atoms with Gasteiger partial charge in [-0.15, -0.1) is 0 Å². The first-order valence-electron chi connectivity index (χ1n) is 5.48. The molecule has 0 saturated heterocycles. The average Bonchev–Trinajstić information content (AvgIpc) is 2.94. The molecule has 15 heavy (non-hydrogen) atoms. The van der Waals surface area contributed by atoms with Crippen molar-refractivity contribution in [3.05, 3.63) is 35.4 Å². The Kier molecular flexibility index (Phi) is 2.76. The third-order valence-electron chi connectivity index (χ3n) is 3.01. The van der Waals surface area contributed by atoms with Crippen LogP contribution in [0, 0.1) is 12.8 Å². The lowest BCUT2D eigenvalue weighted by molar-refractivity contribution is -0.119. The Balaban J connectivity index is 1.90. The minimum absolute atomic E-state index is 0.0740. The van der Waals surface area contributed by atoms with Crippen molar-refractivity contribution in [1.82, 2.24) is 5.32 Å². The molecule has 1 aromatic rings. The number of carbonyl (C=O) groups is 1. The summed E-state index contributed by atoms with van der Waals surface area (Å²) in [7, 11) is 0. The zero-order valence-electron chi connectivity index (χ0n) is 9.29. The van der Waals surface area contributed by atoms with Gasteiger partial charge in [0.25, 0.3) is 0 Å². The van der Waals surface area contributed by atoms with Gasteiger partial charge in [-0.3, -0.25) is 4.79 Å². The Morgan fingerprint density at radius 3 is 3.00 bits per heavy atom. The molecule has 0 aromatic heterocycles. The molecule has 2 nitrogen and oxygen atoms in total. The van der Waals surface area contributed by atoms with E-state index in [0.29, 0.717) is 11.8 Å². The van der Waals surface area contributed by atoms with E-state index in [1.165, 1.54) is 17.5 Å². The highest BCUT2D eigenvalue weighted by Gasteiger charge is 2.37. The monoisotopic (exact) mass is 203 g/mol. The molecule has 2 atom stereocenters. The molecule has 0 aliphatic heterocycles. The second-order valence-electron chi connectivity index (χ2n) is 4.45. The van der Waals surface area contributed by atoms with Gasteiger partial charge in [0.05, 0.1) is 0 Å². The highest BCUT2D eigenvalue weighted by atomic mass is 16.1. The molecule has 1 N–H and O–H groups in total. The summed E-state index contributed by atoms with van der Waals surface area (Å²) in [6.45, 7) is 4.52. The number of amides is 1. The van der Waals surface area contributed by atoms with Gasteiger partial charge in [-0.2, -0.15) is 0 Å². The second-order valence-corrected chi connectivity index (χ2v) is 4.45. The number of carbonyl (C=O) groups excluding carboxylic acids is 1. The fourth-order valence-corrected chi connectivity index (χ4v) is 2.06. The molecule has 2 rings (SSSR count). The molecule has 1 aromatic carbocycles. The highest BCUT2D eigenvalue weighted by Crippen LogP contribution is 2.46. The Bertz CT molecular complexity index is 373. The number of hydrogen-bond acceptors (Lipinski definition) is 1. The SMILES string of the molecule is CC(=O)NCC1CC1c1cccc(C)c1. The lowest BCUT2D eigenvalue weighted by atomic mass is 10.1. The first kappa shape index (κ1) is 10.2. The van der Waals surface area contributed by atoms with Crippen LogP contribution in [0.4, 0.5) is 0 Å². The maximum absolute atomic E-state index is 10.8. The first-order valence-corrected chi connectivity index (χ1v) is 5.48. The molecule has 1 fully saturated rings. The summed E-state index contributed by atoms with van der Waals surface area (Å²) in [5.74, 6) is 1.39. The number of benzene rings is 1. The summed E-state index contributed by atoms with van der Waals surface area (Å²) in [6.07, 6.45) is 1.21. The minimum Gasteiger partial charge on any atom is -0.356 e. The smallest absolute Gasteiger partial charge is 0.216 e. The van der Waals surface area contributed by atoms with Crippen molar-refractivity contribution >= 4 is 5.91 Å². The zero-order valence-corrected chi connectivity index (χ0v) is 9.29. The van der Waals surface area contributed by atoms with E-state index in [9.17, 15) is 4.79 Å². The molecular weight excluding hydrogens is 186 g/mol. The van der Waals surface area contributed by atoms with Crippen LogP contribution in [0.1, 0.15) is 30.4 Å². The van der Waals surface area contributed by atoms with Crippen LogP contribution >= 0.6 is 0 Å². The van der Waals surface area contributed by atoms with E-state index in [4.69, 9.17) is 0 Å². The van der Waals surface area contributed by atoms with Crippen LogP contribution in [0.25, 0.3) is 0 Å². The van der Waals surface area contributed by atoms with Crippen LogP contribution in [-0.4, -0.2) is 12.5 Å². The molecule has 0 radical (unpaired) electrons. The predicted octanol–water partition coefficient (Wildman–Crippen LogP) is 2.23. The van der Waals surface area contributed by atoms with Crippen molar-refractivity contribution < 1.29 is 4.79 Å². The van der Waals surface area contributed by atoms with Crippen LogP contribution in [0.3, 0.4) is 0 Å². The van der Waals surface area contributed by atoms with Crippen LogP contribution in [0.2, 0.25) is 0 Å². The van der Waals surface area contributed by atoms with Crippen LogP contribution in [-0.2, 0) is 4.79 Å². The Hall–Kier alpha value is -1.31. The molecule has 1 amide bonds. The second kappa shape index (κ2) is 4.05. The molecule has 80 valence electrons. The van der Waals surface area contributed by atoms with Gasteiger partial charge in [-0.05, 0) is 30.7 Å². The Labute approximate surface area is 90.7 Å². The summed E-state index contributed by atoms with van der Waals surface area (Å²) in [5, 5.41) is 2.88. The summed E-state index contributed by atoms with van der Waals surface area (Å²) >= 11 is 0. The molecule has 2 unspecified atom stereocenters. The summed E-state index contributed by atoms with van der Waals surface area (Å²) < 4.78 is 0. The van der Waals surface area contributed by atoms with E-state index in [-0.39, 0.29) is 5.91 Å². The summed E-state index contributed by atoms with van der Waals surface area (Å²) in [6, 6.07) is 8.66. The van der Waals surface area contributed by atoms with Gasteiger partial charge in [0.1, 0.15) is 0 Å². The molecule has 1 aliphatic rings. The van der Waals surface area contributed by atoms with Crippen molar-refractivity contribution in [3.63, 3.8) is 0 Å². The molecule has 1 saturated carbocycles. The third-order valence-corrected chi connectivity index (χ3v) is 3.01.